The summed E-state index contributed by atoms with van der Waals surface area (Å²) in [5.74, 6) is -1.13. The van der Waals surface area contributed by atoms with Crippen LogP contribution in [-0.2, 0) is 12.8 Å². The van der Waals surface area contributed by atoms with Gasteiger partial charge in [0.05, 0.1) is 5.69 Å². The highest BCUT2D eigenvalue weighted by molar-refractivity contribution is 5.43. The smallest absolute Gasteiger partial charge is 0.176 e. The van der Waals surface area contributed by atoms with Gasteiger partial charge in [-0.05, 0) is 32.1 Å². The third-order valence-electron chi connectivity index (χ3n) is 3.71. The molecule has 0 aromatic carbocycles. The van der Waals surface area contributed by atoms with Crippen molar-refractivity contribution < 1.29 is 8.78 Å². The first-order valence-corrected chi connectivity index (χ1v) is 7.36. The molecule has 2 aromatic heterocycles. The minimum absolute atomic E-state index is 0.0894. The number of pyridine rings is 1. The first-order valence-electron chi connectivity index (χ1n) is 7.36. The van der Waals surface area contributed by atoms with Gasteiger partial charge in [0.25, 0.3) is 0 Å². The molecule has 0 bridgehead atoms. The number of fused-ring (bicyclic) bond motifs is 1. The lowest BCUT2D eigenvalue weighted by molar-refractivity contribution is 0.563. The van der Waals surface area contributed by atoms with Crippen molar-refractivity contribution in [2.24, 2.45) is 0 Å². The van der Waals surface area contributed by atoms with Crippen LogP contribution in [0.25, 0.3) is 5.82 Å². The lowest BCUT2D eigenvalue weighted by Crippen LogP contribution is -2.12. The zero-order valence-electron chi connectivity index (χ0n) is 12.0. The van der Waals surface area contributed by atoms with Crippen LogP contribution in [0.1, 0.15) is 37.6 Å². The Bertz CT molecular complexity index is 651. The number of aryl methyl sites for hydroxylation is 1. The normalized spacial score (nSPS) is 14.0. The standard InChI is InChI=1S/C15H18F2N4/c1-2-7-18-14-10(16)8-11(17)15(20-14)21-9-19-12-5-3-4-6-13(12)21/h8-9H,2-7H2,1H3,(H,18,20). The summed E-state index contributed by atoms with van der Waals surface area (Å²) >= 11 is 0. The average molecular weight is 292 g/mol. The summed E-state index contributed by atoms with van der Waals surface area (Å²) < 4.78 is 29.5. The predicted molar refractivity (Wildman–Crippen MR) is 76.7 cm³/mol. The Morgan fingerprint density at radius 1 is 1.24 bits per heavy atom. The Morgan fingerprint density at radius 2 is 2.05 bits per heavy atom. The van der Waals surface area contributed by atoms with E-state index in [0.29, 0.717) is 6.54 Å². The average Bonchev–Trinajstić information content (AvgIpc) is 2.90. The minimum atomic E-state index is -0.668. The number of anilines is 1. The third-order valence-corrected chi connectivity index (χ3v) is 3.71. The van der Waals surface area contributed by atoms with E-state index in [-0.39, 0.29) is 11.6 Å². The van der Waals surface area contributed by atoms with Gasteiger partial charge in [-0.15, -0.1) is 0 Å². The summed E-state index contributed by atoms with van der Waals surface area (Å²) in [7, 11) is 0. The molecule has 0 radical (unpaired) electrons. The Labute approximate surface area is 122 Å². The van der Waals surface area contributed by atoms with Crippen molar-refractivity contribution in [2.75, 3.05) is 11.9 Å². The summed E-state index contributed by atoms with van der Waals surface area (Å²) in [5, 5.41) is 2.89. The fraction of sp³-hybridized carbons (Fsp3) is 0.467. The SMILES string of the molecule is CCCNc1nc(-n2cnc3c2CCCC3)c(F)cc1F. The first kappa shape index (κ1) is 14.0. The van der Waals surface area contributed by atoms with Crippen molar-refractivity contribution >= 4 is 5.82 Å². The molecule has 0 fully saturated rings. The monoisotopic (exact) mass is 292 g/mol. The maximum absolute atomic E-state index is 14.1. The van der Waals surface area contributed by atoms with Crippen LogP contribution in [0.2, 0.25) is 0 Å². The van der Waals surface area contributed by atoms with E-state index in [1.165, 1.54) is 0 Å². The van der Waals surface area contributed by atoms with E-state index >= 15 is 0 Å². The van der Waals surface area contributed by atoms with Crippen LogP contribution in [0.15, 0.2) is 12.4 Å². The van der Waals surface area contributed by atoms with Crippen LogP contribution in [0.4, 0.5) is 14.6 Å². The van der Waals surface area contributed by atoms with Crippen molar-refractivity contribution in [3.63, 3.8) is 0 Å². The molecular formula is C15H18F2N4. The molecule has 0 saturated carbocycles. The zero-order chi connectivity index (χ0) is 14.8. The van der Waals surface area contributed by atoms with Gasteiger partial charge >= 0.3 is 0 Å². The van der Waals surface area contributed by atoms with E-state index in [1.807, 2.05) is 6.92 Å². The van der Waals surface area contributed by atoms with E-state index in [4.69, 9.17) is 0 Å². The van der Waals surface area contributed by atoms with Gasteiger partial charge in [-0.25, -0.2) is 18.7 Å². The molecule has 0 spiro atoms. The molecule has 112 valence electrons. The van der Waals surface area contributed by atoms with Crippen molar-refractivity contribution in [1.29, 1.82) is 0 Å². The number of imidazole rings is 1. The molecule has 0 saturated heterocycles. The molecular weight excluding hydrogens is 274 g/mol. The van der Waals surface area contributed by atoms with Crippen molar-refractivity contribution in [2.45, 2.75) is 39.0 Å². The summed E-state index contributed by atoms with van der Waals surface area (Å²) in [4.78, 5) is 8.45. The van der Waals surface area contributed by atoms with Crippen LogP contribution in [0.5, 0.6) is 0 Å². The highest BCUT2D eigenvalue weighted by Crippen LogP contribution is 2.25. The number of hydrogen-bond donors (Lipinski definition) is 1. The zero-order valence-corrected chi connectivity index (χ0v) is 12.0. The van der Waals surface area contributed by atoms with Crippen LogP contribution in [0.3, 0.4) is 0 Å². The van der Waals surface area contributed by atoms with Gasteiger partial charge in [0.2, 0.25) is 0 Å². The Balaban J connectivity index is 2.03. The molecule has 0 aliphatic heterocycles. The second-order valence-electron chi connectivity index (χ2n) is 5.27. The van der Waals surface area contributed by atoms with Crippen molar-refractivity contribution in [3.8, 4) is 5.82 Å². The fourth-order valence-electron chi connectivity index (χ4n) is 2.64. The van der Waals surface area contributed by atoms with Gasteiger partial charge in [-0.3, -0.25) is 4.57 Å². The molecule has 3 rings (SSSR count). The number of halogens is 2. The first-order chi connectivity index (χ1) is 10.2. The Kier molecular flexibility index (Phi) is 3.86. The van der Waals surface area contributed by atoms with Crippen LogP contribution in [0, 0.1) is 11.6 Å². The second kappa shape index (κ2) is 5.79. The molecule has 0 unspecified atom stereocenters. The van der Waals surface area contributed by atoms with E-state index < -0.39 is 11.6 Å². The molecule has 0 amide bonds. The molecule has 1 aliphatic carbocycles. The van der Waals surface area contributed by atoms with Gasteiger partial charge in [0.1, 0.15) is 6.33 Å². The van der Waals surface area contributed by atoms with E-state index in [2.05, 4.69) is 15.3 Å². The molecule has 2 aromatic rings. The highest BCUT2D eigenvalue weighted by atomic mass is 19.1. The van der Waals surface area contributed by atoms with Gasteiger partial charge < -0.3 is 5.32 Å². The maximum atomic E-state index is 14.1. The molecule has 1 aliphatic rings. The van der Waals surface area contributed by atoms with Gasteiger partial charge in [-0.2, -0.15) is 0 Å². The molecule has 0 atom stereocenters. The van der Waals surface area contributed by atoms with Crippen LogP contribution < -0.4 is 5.32 Å². The van der Waals surface area contributed by atoms with E-state index in [0.717, 1.165) is 49.6 Å². The third kappa shape index (κ3) is 2.62. The molecule has 1 N–H and O–H groups in total. The van der Waals surface area contributed by atoms with Gasteiger partial charge in [0.15, 0.2) is 23.3 Å². The lowest BCUT2D eigenvalue weighted by Gasteiger charge is -2.15. The summed E-state index contributed by atoms with van der Waals surface area (Å²) in [5.41, 5.74) is 1.98. The van der Waals surface area contributed by atoms with Crippen molar-refractivity contribution in [3.05, 3.63) is 35.4 Å². The second-order valence-corrected chi connectivity index (χ2v) is 5.27. The summed E-state index contributed by atoms with van der Waals surface area (Å²) in [6.07, 6.45) is 6.35. The molecule has 21 heavy (non-hydrogen) atoms. The minimum Gasteiger partial charge on any atom is -0.368 e. The quantitative estimate of drug-likeness (QED) is 0.940. The highest BCUT2D eigenvalue weighted by Gasteiger charge is 2.20. The van der Waals surface area contributed by atoms with Crippen LogP contribution in [-0.4, -0.2) is 21.1 Å². The number of rotatable bonds is 4. The lowest BCUT2D eigenvalue weighted by atomic mass is 10.0. The summed E-state index contributed by atoms with van der Waals surface area (Å²) in [6.45, 7) is 2.57. The summed E-state index contributed by atoms with van der Waals surface area (Å²) in [6, 6.07) is 0.884. The van der Waals surface area contributed by atoms with Gasteiger partial charge in [-0.1, -0.05) is 6.92 Å². The maximum Gasteiger partial charge on any atom is 0.176 e. The van der Waals surface area contributed by atoms with E-state index in [9.17, 15) is 8.78 Å². The Hall–Kier alpha value is -1.98. The predicted octanol–water partition coefficient (Wildman–Crippen LogP) is 3.25. The number of hydrogen-bond acceptors (Lipinski definition) is 3. The number of aromatic nitrogens is 3. The van der Waals surface area contributed by atoms with Crippen LogP contribution >= 0.6 is 0 Å². The Morgan fingerprint density at radius 3 is 2.86 bits per heavy atom. The number of nitrogens with one attached hydrogen (secondary N) is 1. The number of nitrogens with zero attached hydrogens (tertiary/aromatic N) is 3. The topological polar surface area (TPSA) is 42.7 Å². The van der Waals surface area contributed by atoms with E-state index in [1.54, 1.807) is 10.9 Å². The molecule has 6 heteroatoms. The van der Waals surface area contributed by atoms with Crippen molar-refractivity contribution in [1.82, 2.24) is 14.5 Å². The molecule has 4 nitrogen and oxygen atoms in total. The molecule has 2 heterocycles. The largest absolute Gasteiger partial charge is 0.368 e. The van der Waals surface area contributed by atoms with Gasteiger partial charge in [0, 0.05) is 18.3 Å². The fourth-order valence-corrected chi connectivity index (χ4v) is 2.64.